The van der Waals surface area contributed by atoms with Gasteiger partial charge in [0.25, 0.3) is 15.9 Å². The molecule has 0 saturated carbocycles. The van der Waals surface area contributed by atoms with Gasteiger partial charge in [-0.25, -0.2) is 13.2 Å². The average molecular weight is 627 g/mol. The van der Waals surface area contributed by atoms with E-state index in [4.69, 9.17) is 14.2 Å². The van der Waals surface area contributed by atoms with Gasteiger partial charge in [-0.05, 0) is 73.7 Å². The van der Waals surface area contributed by atoms with E-state index in [-0.39, 0.29) is 53.5 Å². The number of urea groups is 1. The average Bonchev–Trinajstić information content (AvgIpc) is 3.02. The van der Waals surface area contributed by atoms with Gasteiger partial charge in [-0.1, -0.05) is 6.92 Å². The summed E-state index contributed by atoms with van der Waals surface area (Å²) in [6.07, 6.45) is -0.538. The fraction of sp³-hybridized carbons (Fsp3) is 0.355. The van der Waals surface area contributed by atoms with Gasteiger partial charge >= 0.3 is 6.03 Å². The Bertz CT molecular complexity index is 1560. The van der Waals surface area contributed by atoms with Crippen LogP contribution in [0, 0.1) is 5.92 Å². The van der Waals surface area contributed by atoms with Crippen LogP contribution in [-0.4, -0.2) is 88.4 Å². The first-order valence-electron chi connectivity index (χ1n) is 14.0. The van der Waals surface area contributed by atoms with Crippen LogP contribution in [0.4, 0.5) is 16.2 Å². The van der Waals surface area contributed by atoms with Crippen molar-refractivity contribution in [2.45, 2.75) is 30.9 Å². The minimum atomic E-state index is -3.98. The van der Waals surface area contributed by atoms with Crippen molar-refractivity contribution in [2.75, 3.05) is 51.0 Å². The van der Waals surface area contributed by atoms with Crippen molar-refractivity contribution in [1.82, 2.24) is 9.80 Å². The number of aliphatic hydroxyl groups excluding tert-OH is 1. The number of carbonyl (C=O) groups is 2. The summed E-state index contributed by atoms with van der Waals surface area (Å²) in [5, 5.41) is 12.8. The second kappa shape index (κ2) is 13.9. The van der Waals surface area contributed by atoms with Crippen LogP contribution in [-0.2, 0) is 10.0 Å². The fourth-order valence-corrected chi connectivity index (χ4v) is 5.77. The quantitative estimate of drug-likeness (QED) is 0.307. The van der Waals surface area contributed by atoms with Crippen molar-refractivity contribution in [3.63, 3.8) is 0 Å². The van der Waals surface area contributed by atoms with E-state index in [0.29, 0.717) is 17.2 Å². The largest absolute Gasteiger partial charge is 0.497 e. The zero-order chi connectivity index (χ0) is 32.0. The molecule has 0 saturated heterocycles. The number of methoxy groups -OCH3 is 2. The van der Waals surface area contributed by atoms with E-state index in [1.807, 2.05) is 6.92 Å². The lowest BCUT2D eigenvalue weighted by atomic mass is 9.99. The number of nitrogens with zero attached hydrogens (tertiary/aromatic N) is 2. The summed E-state index contributed by atoms with van der Waals surface area (Å²) in [6, 6.07) is 16.4. The third kappa shape index (κ3) is 7.53. The Kier molecular flexibility index (Phi) is 10.2. The standard InChI is InChI=1S/C31H38N4O8S/c1-20-17-35(21(2)19-36)30(37)27-16-23(33-44(39,40)26-13-11-25(42-5)12-14-26)8-15-28(27)43-29(20)18-34(3)31(38)32-22-6-9-24(41-4)10-7-22/h6-16,20-21,29,33,36H,17-19H2,1-5H3,(H,32,38)/t20-,21-,29+/m0/s1. The number of likely N-dealkylation sites (N-methyl/N-ethyl adjacent to an activating group) is 1. The van der Waals surface area contributed by atoms with Crippen molar-refractivity contribution in [3.8, 4) is 17.2 Å². The van der Waals surface area contributed by atoms with Crippen LogP contribution >= 0.6 is 0 Å². The molecular formula is C31H38N4O8S. The maximum absolute atomic E-state index is 13.7. The number of ether oxygens (including phenoxy) is 3. The Morgan fingerprint density at radius 1 is 1.05 bits per heavy atom. The highest BCUT2D eigenvalue weighted by molar-refractivity contribution is 7.92. The molecule has 1 aliphatic heterocycles. The Morgan fingerprint density at radius 2 is 1.64 bits per heavy atom. The zero-order valence-electron chi connectivity index (χ0n) is 25.3. The van der Waals surface area contributed by atoms with Crippen LogP contribution in [0.1, 0.15) is 24.2 Å². The number of carbonyl (C=O) groups excluding carboxylic acids is 2. The molecule has 12 nitrogen and oxygen atoms in total. The molecule has 3 aromatic rings. The molecule has 3 amide bonds. The van der Waals surface area contributed by atoms with Crippen LogP contribution < -0.4 is 24.2 Å². The van der Waals surface area contributed by atoms with E-state index >= 15 is 0 Å². The summed E-state index contributed by atoms with van der Waals surface area (Å²) in [7, 11) is 0.716. The molecule has 0 fully saturated rings. The zero-order valence-corrected chi connectivity index (χ0v) is 26.1. The summed E-state index contributed by atoms with van der Waals surface area (Å²) in [5.74, 6) is 0.768. The summed E-state index contributed by atoms with van der Waals surface area (Å²) in [6.45, 7) is 3.79. The van der Waals surface area contributed by atoms with E-state index in [1.54, 1.807) is 45.3 Å². The fourth-order valence-electron chi connectivity index (χ4n) is 4.72. The molecule has 0 aliphatic carbocycles. The second-order valence-corrected chi connectivity index (χ2v) is 12.3. The predicted octanol–water partition coefficient (Wildman–Crippen LogP) is 3.89. The summed E-state index contributed by atoms with van der Waals surface area (Å²) >= 11 is 0. The third-order valence-corrected chi connectivity index (χ3v) is 8.83. The third-order valence-electron chi connectivity index (χ3n) is 7.43. The van der Waals surface area contributed by atoms with Gasteiger partial charge in [-0.15, -0.1) is 0 Å². The van der Waals surface area contributed by atoms with Crippen molar-refractivity contribution in [2.24, 2.45) is 5.92 Å². The van der Waals surface area contributed by atoms with Gasteiger partial charge in [-0.2, -0.15) is 0 Å². The lowest BCUT2D eigenvalue weighted by Gasteiger charge is -2.38. The molecule has 0 radical (unpaired) electrons. The highest BCUT2D eigenvalue weighted by atomic mass is 32.2. The van der Waals surface area contributed by atoms with E-state index in [0.717, 1.165) is 0 Å². The van der Waals surface area contributed by atoms with Gasteiger partial charge in [-0.3, -0.25) is 9.52 Å². The molecule has 3 N–H and O–H groups in total. The number of hydrogen-bond acceptors (Lipinski definition) is 8. The maximum atomic E-state index is 13.7. The molecule has 3 aromatic carbocycles. The van der Waals surface area contributed by atoms with Gasteiger partial charge < -0.3 is 34.4 Å². The molecule has 0 bridgehead atoms. The van der Waals surface area contributed by atoms with E-state index in [2.05, 4.69) is 10.0 Å². The van der Waals surface area contributed by atoms with Gasteiger partial charge in [0, 0.05) is 30.9 Å². The van der Waals surface area contributed by atoms with Crippen molar-refractivity contribution >= 4 is 33.3 Å². The van der Waals surface area contributed by atoms with E-state index in [9.17, 15) is 23.1 Å². The number of fused-ring (bicyclic) bond motifs is 1. The van der Waals surface area contributed by atoms with Crippen LogP contribution in [0.5, 0.6) is 17.2 Å². The molecule has 4 rings (SSSR count). The number of amides is 3. The smallest absolute Gasteiger partial charge is 0.321 e. The first-order valence-corrected chi connectivity index (χ1v) is 15.5. The maximum Gasteiger partial charge on any atom is 0.321 e. The van der Waals surface area contributed by atoms with Crippen LogP contribution in [0.25, 0.3) is 0 Å². The van der Waals surface area contributed by atoms with Gasteiger partial charge in [0.2, 0.25) is 0 Å². The number of rotatable bonds is 10. The van der Waals surface area contributed by atoms with Crippen LogP contribution in [0.15, 0.2) is 71.6 Å². The molecular weight excluding hydrogens is 588 g/mol. The highest BCUT2D eigenvalue weighted by Crippen LogP contribution is 2.31. The molecule has 3 atom stereocenters. The van der Waals surface area contributed by atoms with Crippen LogP contribution in [0.2, 0.25) is 0 Å². The number of anilines is 2. The minimum Gasteiger partial charge on any atom is -0.497 e. The van der Waals surface area contributed by atoms with Crippen molar-refractivity contribution in [3.05, 3.63) is 72.3 Å². The van der Waals surface area contributed by atoms with Crippen molar-refractivity contribution in [1.29, 1.82) is 0 Å². The Balaban J connectivity index is 1.59. The Morgan fingerprint density at radius 3 is 2.23 bits per heavy atom. The molecule has 44 heavy (non-hydrogen) atoms. The summed E-state index contributed by atoms with van der Waals surface area (Å²) in [5.41, 5.74) is 0.884. The predicted molar refractivity (Wildman–Crippen MR) is 166 cm³/mol. The number of sulfonamides is 1. The van der Waals surface area contributed by atoms with E-state index < -0.39 is 28.1 Å². The first-order chi connectivity index (χ1) is 20.9. The van der Waals surface area contributed by atoms with Crippen LogP contribution in [0.3, 0.4) is 0 Å². The van der Waals surface area contributed by atoms with Gasteiger partial charge in [0.15, 0.2) is 0 Å². The molecule has 1 aliphatic rings. The monoisotopic (exact) mass is 626 g/mol. The normalized spacial score (nSPS) is 17.3. The van der Waals surface area contributed by atoms with E-state index in [1.165, 1.54) is 59.4 Å². The second-order valence-electron chi connectivity index (χ2n) is 10.7. The minimum absolute atomic E-state index is 0.0213. The van der Waals surface area contributed by atoms with Crippen molar-refractivity contribution < 1.29 is 37.3 Å². The number of hydrogen-bond donors (Lipinski definition) is 3. The molecule has 0 unspecified atom stereocenters. The Labute approximate surface area is 257 Å². The number of aliphatic hydroxyl groups is 1. The summed E-state index contributed by atoms with van der Waals surface area (Å²) in [4.78, 5) is 29.8. The first kappa shape index (κ1) is 32.4. The molecule has 0 aromatic heterocycles. The summed E-state index contributed by atoms with van der Waals surface area (Å²) < 4.78 is 45.3. The highest BCUT2D eigenvalue weighted by Gasteiger charge is 2.34. The molecule has 1 heterocycles. The van der Waals surface area contributed by atoms with Gasteiger partial charge in [0.1, 0.15) is 23.4 Å². The lowest BCUT2D eigenvalue weighted by Crippen LogP contribution is -2.50. The van der Waals surface area contributed by atoms with Gasteiger partial charge in [0.05, 0.1) is 43.9 Å². The molecule has 0 spiro atoms. The lowest BCUT2D eigenvalue weighted by molar-refractivity contribution is 0.0371. The Hall–Kier alpha value is -4.49. The SMILES string of the molecule is COc1ccc(NC(=O)N(C)C[C@H]2Oc3ccc(NS(=O)(=O)c4ccc(OC)cc4)cc3C(=O)N([C@@H](C)CO)C[C@@H]2C)cc1. The number of benzene rings is 3. The molecule has 13 heteroatoms. The molecule has 236 valence electrons. The number of nitrogens with one attached hydrogen (secondary N) is 2. The topological polar surface area (TPSA) is 147 Å².